The zero-order valence-electron chi connectivity index (χ0n) is 17.0. The van der Waals surface area contributed by atoms with Crippen LogP contribution in [0.1, 0.15) is 38.3 Å². The smallest absolute Gasteiger partial charge is 0.317 e. The Hall–Kier alpha value is -1.82. The van der Waals surface area contributed by atoms with Gasteiger partial charge in [0.1, 0.15) is 0 Å². The third-order valence-corrected chi connectivity index (χ3v) is 5.71. The number of aromatic nitrogens is 1. The average molecular weight is 374 g/mol. The molecule has 3 rings (SSSR count). The van der Waals surface area contributed by atoms with E-state index in [1.165, 1.54) is 38.0 Å². The van der Waals surface area contributed by atoms with Crippen molar-refractivity contribution in [2.45, 2.75) is 39.5 Å². The lowest BCUT2D eigenvalue weighted by molar-refractivity contribution is 0.166. The fraction of sp³-hybridized carbons (Fsp3) is 0.714. The van der Waals surface area contributed by atoms with Crippen LogP contribution in [0.25, 0.3) is 0 Å². The van der Waals surface area contributed by atoms with Gasteiger partial charge in [0, 0.05) is 56.8 Å². The summed E-state index contributed by atoms with van der Waals surface area (Å²) in [5, 5.41) is 3.21. The molecule has 6 nitrogen and oxygen atoms in total. The molecule has 1 aromatic heterocycles. The molecule has 0 unspecified atom stereocenters. The van der Waals surface area contributed by atoms with Gasteiger partial charge in [0.2, 0.25) is 0 Å². The number of hydrogen-bond donors (Lipinski definition) is 1. The number of anilines is 1. The van der Waals surface area contributed by atoms with Crippen molar-refractivity contribution >= 4 is 11.7 Å². The second-order valence-corrected chi connectivity index (χ2v) is 7.98. The lowest BCUT2D eigenvalue weighted by Crippen LogP contribution is -2.46. The molecule has 2 amide bonds. The predicted molar refractivity (Wildman–Crippen MR) is 110 cm³/mol. The highest BCUT2D eigenvalue weighted by Gasteiger charge is 2.22. The molecular formula is C21H35N5O. The molecule has 0 saturated carbocycles. The molecule has 150 valence electrons. The molecule has 0 aromatic carbocycles. The lowest BCUT2D eigenvalue weighted by Gasteiger charge is -2.33. The number of nitrogens with zero attached hydrogens (tertiary/aromatic N) is 4. The van der Waals surface area contributed by atoms with Gasteiger partial charge < -0.3 is 20.0 Å². The second kappa shape index (κ2) is 9.93. The normalized spacial score (nSPS) is 21.8. The summed E-state index contributed by atoms with van der Waals surface area (Å²) in [7, 11) is 0. The Labute approximate surface area is 163 Å². The van der Waals surface area contributed by atoms with Gasteiger partial charge in [-0.1, -0.05) is 6.92 Å². The highest BCUT2D eigenvalue weighted by atomic mass is 16.2. The van der Waals surface area contributed by atoms with Crippen molar-refractivity contribution in [1.82, 2.24) is 20.1 Å². The minimum atomic E-state index is 0.107. The number of rotatable bonds is 5. The highest BCUT2D eigenvalue weighted by molar-refractivity contribution is 5.74. The van der Waals surface area contributed by atoms with Gasteiger partial charge in [-0.25, -0.2) is 4.79 Å². The third kappa shape index (κ3) is 5.83. The number of carbonyl (C=O) groups is 1. The number of nitrogens with one attached hydrogen (secondary N) is 1. The van der Waals surface area contributed by atoms with Gasteiger partial charge in [-0.2, -0.15) is 0 Å². The van der Waals surface area contributed by atoms with Crippen LogP contribution in [0.3, 0.4) is 0 Å². The van der Waals surface area contributed by atoms with E-state index in [-0.39, 0.29) is 6.03 Å². The van der Waals surface area contributed by atoms with Crippen molar-refractivity contribution in [2.24, 2.45) is 5.92 Å². The summed E-state index contributed by atoms with van der Waals surface area (Å²) in [5.74, 6) is 0.595. The Kier molecular flexibility index (Phi) is 7.33. The van der Waals surface area contributed by atoms with E-state index in [1.54, 1.807) is 0 Å². The molecule has 27 heavy (non-hydrogen) atoms. The minimum absolute atomic E-state index is 0.107. The maximum Gasteiger partial charge on any atom is 0.317 e. The Bertz CT molecular complexity index is 606. The Balaban J connectivity index is 1.45. The van der Waals surface area contributed by atoms with Gasteiger partial charge in [-0.05, 0) is 63.7 Å². The molecule has 0 spiro atoms. The number of pyridine rings is 1. The van der Waals surface area contributed by atoms with E-state index in [4.69, 9.17) is 0 Å². The Morgan fingerprint density at radius 1 is 1.22 bits per heavy atom. The fourth-order valence-electron chi connectivity index (χ4n) is 4.29. The van der Waals surface area contributed by atoms with Gasteiger partial charge in [0.05, 0.1) is 0 Å². The van der Waals surface area contributed by atoms with Gasteiger partial charge in [-0.15, -0.1) is 0 Å². The van der Waals surface area contributed by atoms with Crippen molar-refractivity contribution < 1.29 is 4.79 Å². The molecule has 2 fully saturated rings. The van der Waals surface area contributed by atoms with E-state index in [0.717, 1.165) is 51.4 Å². The van der Waals surface area contributed by atoms with Crippen LogP contribution in [0.2, 0.25) is 0 Å². The first kappa shape index (κ1) is 19.9. The molecule has 2 aliphatic rings. The zero-order chi connectivity index (χ0) is 19.1. The number of piperidine rings is 1. The fourth-order valence-corrected chi connectivity index (χ4v) is 4.29. The molecule has 0 bridgehead atoms. The molecule has 1 N–H and O–H groups in total. The van der Waals surface area contributed by atoms with Crippen LogP contribution in [0, 0.1) is 12.8 Å². The third-order valence-electron chi connectivity index (χ3n) is 5.71. The van der Waals surface area contributed by atoms with E-state index >= 15 is 0 Å². The summed E-state index contributed by atoms with van der Waals surface area (Å²) in [4.78, 5) is 23.8. The van der Waals surface area contributed by atoms with Crippen molar-refractivity contribution in [3.8, 4) is 0 Å². The van der Waals surface area contributed by atoms with E-state index in [9.17, 15) is 4.79 Å². The lowest BCUT2D eigenvalue weighted by atomic mass is 9.98. The quantitative estimate of drug-likeness (QED) is 0.862. The van der Waals surface area contributed by atoms with Crippen LogP contribution in [0.15, 0.2) is 18.3 Å². The number of likely N-dealkylation sites (tertiary alicyclic amines) is 1. The Morgan fingerprint density at radius 3 is 2.93 bits per heavy atom. The maximum atomic E-state index is 12.7. The average Bonchev–Trinajstić information content (AvgIpc) is 2.93. The number of aryl methyl sites for hydroxylation is 1. The van der Waals surface area contributed by atoms with E-state index < -0.39 is 0 Å². The van der Waals surface area contributed by atoms with Gasteiger partial charge in [-0.3, -0.25) is 4.98 Å². The van der Waals surface area contributed by atoms with Crippen molar-refractivity contribution in [3.63, 3.8) is 0 Å². The SMILES string of the molecule is CCCN1CCC[C@@H](CNC(=O)N2CCCN(c3ccnc(C)c3)CC2)C1. The molecule has 1 atom stereocenters. The standard InChI is InChI=1S/C21H35N5O/c1-3-9-24-10-4-6-19(17-24)16-23-21(27)26-12-5-11-25(13-14-26)20-7-8-22-18(2)15-20/h7-8,15,19H,3-6,9-14,16-17H2,1-2H3,(H,23,27)/t19-/m0/s1. The van der Waals surface area contributed by atoms with Crippen LogP contribution in [-0.4, -0.2) is 73.2 Å². The van der Waals surface area contributed by atoms with Crippen molar-refractivity contribution in [1.29, 1.82) is 0 Å². The van der Waals surface area contributed by atoms with Gasteiger partial charge in [0.15, 0.2) is 0 Å². The van der Waals surface area contributed by atoms with Crippen molar-refractivity contribution in [2.75, 3.05) is 57.3 Å². The first-order chi connectivity index (χ1) is 13.2. The zero-order valence-corrected chi connectivity index (χ0v) is 17.0. The number of hydrogen-bond acceptors (Lipinski definition) is 4. The molecule has 0 aliphatic carbocycles. The number of carbonyl (C=O) groups excluding carboxylic acids is 1. The summed E-state index contributed by atoms with van der Waals surface area (Å²) in [6.07, 6.45) is 6.56. The number of urea groups is 1. The summed E-state index contributed by atoms with van der Waals surface area (Å²) >= 11 is 0. The molecule has 2 aliphatic heterocycles. The molecule has 0 radical (unpaired) electrons. The van der Waals surface area contributed by atoms with Gasteiger partial charge >= 0.3 is 6.03 Å². The highest BCUT2D eigenvalue weighted by Crippen LogP contribution is 2.18. The van der Waals surface area contributed by atoms with E-state index in [1.807, 2.05) is 18.0 Å². The van der Waals surface area contributed by atoms with Crippen molar-refractivity contribution in [3.05, 3.63) is 24.0 Å². The van der Waals surface area contributed by atoms with E-state index in [2.05, 4.69) is 39.2 Å². The van der Waals surface area contributed by atoms with E-state index in [0.29, 0.717) is 5.92 Å². The first-order valence-corrected chi connectivity index (χ1v) is 10.6. The van der Waals surface area contributed by atoms with Crippen LogP contribution in [0.5, 0.6) is 0 Å². The minimum Gasteiger partial charge on any atom is -0.370 e. The van der Waals surface area contributed by atoms with Gasteiger partial charge in [0.25, 0.3) is 0 Å². The second-order valence-electron chi connectivity index (χ2n) is 7.98. The number of amides is 2. The predicted octanol–water partition coefficient (Wildman–Crippen LogP) is 2.73. The Morgan fingerprint density at radius 2 is 2.11 bits per heavy atom. The van der Waals surface area contributed by atoms with Crippen LogP contribution >= 0.6 is 0 Å². The largest absolute Gasteiger partial charge is 0.370 e. The van der Waals surface area contributed by atoms with Crippen LogP contribution in [0.4, 0.5) is 10.5 Å². The maximum absolute atomic E-state index is 12.7. The molecular weight excluding hydrogens is 338 g/mol. The summed E-state index contributed by atoms with van der Waals surface area (Å²) in [6.45, 7) is 12.1. The summed E-state index contributed by atoms with van der Waals surface area (Å²) < 4.78 is 0. The first-order valence-electron chi connectivity index (χ1n) is 10.6. The monoisotopic (exact) mass is 373 g/mol. The van der Waals surface area contributed by atoms with Crippen LogP contribution < -0.4 is 10.2 Å². The molecule has 1 aromatic rings. The molecule has 3 heterocycles. The summed E-state index contributed by atoms with van der Waals surface area (Å²) in [6, 6.07) is 4.30. The van der Waals surface area contributed by atoms with Crippen LogP contribution in [-0.2, 0) is 0 Å². The summed E-state index contributed by atoms with van der Waals surface area (Å²) in [5.41, 5.74) is 2.25. The topological polar surface area (TPSA) is 51.7 Å². The molecule has 2 saturated heterocycles. The molecule has 6 heteroatoms.